The Morgan fingerprint density at radius 3 is 2.74 bits per heavy atom. The first-order valence-electron chi connectivity index (χ1n) is 6.53. The van der Waals surface area contributed by atoms with Crippen LogP contribution in [0.15, 0.2) is 0 Å². The molecule has 112 valence electrons. The summed E-state index contributed by atoms with van der Waals surface area (Å²) >= 11 is 1.62. The molecule has 0 spiro atoms. The minimum atomic E-state index is -3.19. The summed E-state index contributed by atoms with van der Waals surface area (Å²) in [7, 11) is -3.19. The molecular formula is C11H23N3O3S2. The largest absolute Gasteiger partial charge is 0.293 e. The molecule has 19 heavy (non-hydrogen) atoms. The number of rotatable bonds is 6. The van der Waals surface area contributed by atoms with E-state index in [9.17, 15) is 13.2 Å². The van der Waals surface area contributed by atoms with E-state index in [2.05, 4.69) is 5.43 Å². The van der Waals surface area contributed by atoms with Gasteiger partial charge in [-0.3, -0.25) is 15.1 Å². The molecule has 1 aliphatic rings. The fraction of sp³-hybridized carbons (Fsp3) is 0.909. The predicted molar refractivity (Wildman–Crippen MR) is 78.3 cm³/mol. The van der Waals surface area contributed by atoms with E-state index in [4.69, 9.17) is 5.84 Å². The average Bonchev–Trinajstić information content (AvgIpc) is 2.44. The van der Waals surface area contributed by atoms with Crippen LogP contribution in [0.3, 0.4) is 0 Å². The number of carbonyl (C=O) groups is 1. The summed E-state index contributed by atoms with van der Waals surface area (Å²) in [5, 5.41) is -0.579. The van der Waals surface area contributed by atoms with Crippen molar-refractivity contribution in [2.75, 3.05) is 23.8 Å². The molecule has 6 nitrogen and oxygen atoms in total. The van der Waals surface area contributed by atoms with E-state index in [0.29, 0.717) is 18.7 Å². The van der Waals surface area contributed by atoms with Crippen molar-refractivity contribution < 1.29 is 13.2 Å². The zero-order valence-corrected chi connectivity index (χ0v) is 13.1. The van der Waals surface area contributed by atoms with Gasteiger partial charge in [0.2, 0.25) is 0 Å². The Balaban J connectivity index is 2.99. The smallest absolute Gasteiger partial charge is 0.251 e. The molecule has 1 saturated heterocycles. The van der Waals surface area contributed by atoms with Crippen LogP contribution < -0.4 is 11.3 Å². The molecule has 0 aromatic heterocycles. The number of hydrogen-bond donors (Lipinski definition) is 2. The molecule has 1 amide bonds. The van der Waals surface area contributed by atoms with Gasteiger partial charge >= 0.3 is 0 Å². The first kappa shape index (κ1) is 16.7. The number of hydrazine groups is 1. The fourth-order valence-corrected chi connectivity index (χ4v) is 5.34. The van der Waals surface area contributed by atoms with Gasteiger partial charge in [-0.15, -0.1) is 0 Å². The third kappa shape index (κ3) is 4.08. The van der Waals surface area contributed by atoms with Gasteiger partial charge < -0.3 is 0 Å². The van der Waals surface area contributed by atoms with Crippen molar-refractivity contribution >= 4 is 27.5 Å². The lowest BCUT2D eigenvalue weighted by Crippen LogP contribution is -2.58. The van der Waals surface area contributed by atoms with Crippen molar-refractivity contribution in [3.05, 3.63) is 0 Å². The Morgan fingerprint density at radius 1 is 1.53 bits per heavy atom. The van der Waals surface area contributed by atoms with E-state index in [-0.39, 0.29) is 11.7 Å². The van der Waals surface area contributed by atoms with Crippen molar-refractivity contribution in [3.63, 3.8) is 0 Å². The van der Waals surface area contributed by atoms with E-state index in [0.717, 1.165) is 12.2 Å². The number of amides is 1. The quantitative estimate of drug-likeness (QED) is 0.406. The van der Waals surface area contributed by atoms with Gasteiger partial charge in [-0.1, -0.05) is 20.3 Å². The van der Waals surface area contributed by atoms with Gasteiger partial charge in [0, 0.05) is 23.8 Å². The SMILES string of the molecule is CCCC(C(=O)NN)N1CCSCC1S(=O)(=O)CC. The summed E-state index contributed by atoms with van der Waals surface area (Å²) in [5.74, 6) is 6.37. The van der Waals surface area contributed by atoms with Crippen molar-refractivity contribution in [1.82, 2.24) is 10.3 Å². The number of hydrogen-bond acceptors (Lipinski definition) is 6. The lowest BCUT2D eigenvalue weighted by atomic mass is 10.1. The average molecular weight is 309 g/mol. The Kier molecular flexibility index (Phi) is 6.58. The maximum atomic E-state index is 12.2. The highest BCUT2D eigenvalue weighted by molar-refractivity contribution is 8.01. The molecule has 0 saturated carbocycles. The van der Waals surface area contributed by atoms with E-state index < -0.39 is 21.3 Å². The zero-order chi connectivity index (χ0) is 14.5. The molecule has 1 aliphatic heterocycles. The van der Waals surface area contributed by atoms with E-state index in [1.165, 1.54) is 0 Å². The second kappa shape index (κ2) is 7.47. The van der Waals surface area contributed by atoms with Crippen molar-refractivity contribution in [1.29, 1.82) is 0 Å². The molecule has 1 heterocycles. The Bertz CT molecular complexity index is 400. The van der Waals surface area contributed by atoms with E-state index >= 15 is 0 Å². The third-order valence-electron chi connectivity index (χ3n) is 3.35. The van der Waals surface area contributed by atoms with Crippen molar-refractivity contribution in [2.45, 2.75) is 38.1 Å². The topological polar surface area (TPSA) is 92.5 Å². The molecule has 0 bridgehead atoms. The van der Waals surface area contributed by atoms with Gasteiger partial charge in [-0.05, 0) is 6.42 Å². The number of thioether (sulfide) groups is 1. The number of sulfone groups is 1. The molecule has 2 unspecified atom stereocenters. The lowest BCUT2D eigenvalue weighted by Gasteiger charge is -2.39. The molecule has 8 heteroatoms. The lowest BCUT2D eigenvalue weighted by molar-refractivity contribution is -0.127. The Morgan fingerprint density at radius 2 is 2.21 bits per heavy atom. The predicted octanol–water partition coefficient (Wildman–Crippen LogP) is -0.0454. The Hall–Kier alpha value is -0.310. The summed E-state index contributed by atoms with van der Waals surface area (Å²) in [6.07, 6.45) is 1.42. The normalized spacial score (nSPS) is 23.0. The van der Waals surface area contributed by atoms with Crippen LogP contribution in [0.5, 0.6) is 0 Å². The van der Waals surface area contributed by atoms with Crippen molar-refractivity contribution in [3.8, 4) is 0 Å². The first-order chi connectivity index (χ1) is 8.97. The molecule has 0 aromatic carbocycles. The van der Waals surface area contributed by atoms with Crippen LogP contribution in [0.25, 0.3) is 0 Å². The van der Waals surface area contributed by atoms with Gasteiger partial charge in [-0.2, -0.15) is 11.8 Å². The summed E-state index contributed by atoms with van der Waals surface area (Å²) in [5.41, 5.74) is 2.15. The van der Waals surface area contributed by atoms with Gasteiger partial charge in [0.05, 0.1) is 6.04 Å². The molecule has 0 radical (unpaired) electrons. The van der Waals surface area contributed by atoms with Crippen LogP contribution in [0.2, 0.25) is 0 Å². The maximum absolute atomic E-state index is 12.2. The van der Waals surface area contributed by atoms with Gasteiger partial charge in [-0.25, -0.2) is 14.3 Å². The number of nitrogens with two attached hydrogens (primary N) is 1. The monoisotopic (exact) mass is 309 g/mol. The molecular weight excluding hydrogens is 286 g/mol. The summed E-state index contributed by atoms with van der Waals surface area (Å²) < 4.78 is 24.3. The Labute approximate surface area is 119 Å². The zero-order valence-electron chi connectivity index (χ0n) is 11.5. The minimum Gasteiger partial charge on any atom is -0.293 e. The van der Waals surface area contributed by atoms with Crippen molar-refractivity contribution in [2.24, 2.45) is 5.84 Å². The standard InChI is InChI=1S/C11H23N3O3S2/c1-3-5-9(11(15)13-12)14-6-7-18-8-10(14)19(16,17)4-2/h9-10H,3-8,12H2,1-2H3,(H,13,15). The summed E-state index contributed by atoms with van der Waals surface area (Å²) in [6.45, 7) is 4.22. The molecule has 3 N–H and O–H groups in total. The van der Waals surface area contributed by atoms with Crippen LogP contribution in [0.4, 0.5) is 0 Å². The van der Waals surface area contributed by atoms with Crippen LogP contribution >= 0.6 is 11.8 Å². The third-order valence-corrected chi connectivity index (χ3v) is 6.65. The van der Waals surface area contributed by atoms with Crippen LogP contribution in [-0.2, 0) is 14.6 Å². The maximum Gasteiger partial charge on any atom is 0.251 e. The number of nitrogens with one attached hydrogen (secondary N) is 1. The fourth-order valence-electron chi connectivity index (χ4n) is 2.27. The molecule has 1 rings (SSSR count). The highest BCUT2D eigenvalue weighted by atomic mass is 32.2. The highest BCUT2D eigenvalue weighted by Crippen LogP contribution is 2.25. The number of nitrogens with zero attached hydrogens (tertiary/aromatic N) is 1. The molecule has 0 aliphatic carbocycles. The minimum absolute atomic E-state index is 0.0951. The van der Waals surface area contributed by atoms with Crippen LogP contribution in [-0.4, -0.2) is 54.4 Å². The number of carbonyl (C=O) groups excluding carboxylic acids is 1. The van der Waals surface area contributed by atoms with E-state index in [1.54, 1.807) is 23.6 Å². The van der Waals surface area contributed by atoms with Crippen LogP contribution in [0, 0.1) is 0 Å². The molecule has 1 fully saturated rings. The van der Waals surface area contributed by atoms with Gasteiger partial charge in [0.25, 0.3) is 5.91 Å². The molecule has 2 atom stereocenters. The second-order valence-electron chi connectivity index (χ2n) is 4.53. The van der Waals surface area contributed by atoms with Gasteiger partial charge in [0.1, 0.15) is 5.37 Å². The summed E-state index contributed by atoms with van der Waals surface area (Å²) in [6, 6.07) is -0.456. The first-order valence-corrected chi connectivity index (χ1v) is 9.40. The highest BCUT2D eigenvalue weighted by Gasteiger charge is 2.38. The van der Waals surface area contributed by atoms with Gasteiger partial charge in [0.15, 0.2) is 9.84 Å². The second-order valence-corrected chi connectivity index (χ2v) is 8.13. The van der Waals surface area contributed by atoms with Crippen LogP contribution in [0.1, 0.15) is 26.7 Å². The molecule has 0 aromatic rings. The van der Waals surface area contributed by atoms with E-state index in [1.807, 2.05) is 6.92 Å². The summed E-state index contributed by atoms with van der Waals surface area (Å²) in [4.78, 5) is 13.7.